The molecule has 1 N–H and O–H groups in total. The van der Waals surface area contributed by atoms with Crippen LogP contribution in [0.1, 0.15) is 32.3 Å². The molecule has 18 heavy (non-hydrogen) atoms. The van der Waals surface area contributed by atoms with Crippen molar-refractivity contribution in [2.24, 2.45) is 5.92 Å². The van der Waals surface area contributed by atoms with Gasteiger partial charge in [0.2, 0.25) is 0 Å². The zero-order valence-electron chi connectivity index (χ0n) is 11.5. The molecule has 0 amide bonds. The summed E-state index contributed by atoms with van der Waals surface area (Å²) in [6.45, 7) is 6.65. The van der Waals surface area contributed by atoms with E-state index in [0.29, 0.717) is 17.7 Å². The van der Waals surface area contributed by atoms with Crippen LogP contribution < -0.4 is 4.74 Å². The largest absolute Gasteiger partial charge is 0.504 e. The van der Waals surface area contributed by atoms with Crippen molar-refractivity contribution in [2.75, 3.05) is 13.7 Å². The number of phenolic OH excluding ortho intramolecular Hbond substituents is 1. The summed E-state index contributed by atoms with van der Waals surface area (Å²) >= 11 is 0. The fourth-order valence-electron chi connectivity index (χ4n) is 2.87. The van der Waals surface area contributed by atoms with Gasteiger partial charge in [-0.15, -0.1) is 0 Å². The van der Waals surface area contributed by atoms with Gasteiger partial charge >= 0.3 is 0 Å². The van der Waals surface area contributed by atoms with Gasteiger partial charge in [-0.3, -0.25) is 4.90 Å². The van der Waals surface area contributed by atoms with E-state index < -0.39 is 0 Å². The van der Waals surface area contributed by atoms with Gasteiger partial charge in [0.05, 0.1) is 7.11 Å². The Balaban J connectivity index is 2.07. The first-order valence-electron chi connectivity index (χ1n) is 6.71. The Kier molecular flexibility index (Phi) is 4.12. The van der Waals surface area contributed by atoms with Gasteiger partial charge in [-0.1, -0.05) is 19.9 Å². The fourth-order valence-corrected chi connectivity index (χ4v) is 2.87. The molecular formula is C15H23NO2. The van der Waals surface area contributed by atoms with Crippen LogP contribution in [0.5, 0.6) is 11.5 Å². The molecule has 0 spiro atoms. The van der Waals surface area contributed by atoms with E-state index in [2.05, 4.69) is 18.7 Å². The van der Waals surface area contributed by atoms with Crippen LogP contribution in [0.4, 0.5) is 0 Å². The maximum atomic E-state index is 9.80. The molecule has 1 fully saturated rings. The number of aromatic hydroxyl groups is 1. The van der Waals surface area contributed by atoms with Crippen LogP contribution in [-0.4, -0.2) is 29.7 Å². The minimum Gasteiger partial charge on any atom is -0.504 e. The number of hydrogen-bond donors (Lipinski definition) is 1. The first-order chi connectivity index (χ1) is 8.61. The molecule has 0 radical (unpaired) electrons. The maximum Gasteiger partial charge on any atom is 0.160 e. The van der Waals surface area contributed by atoms with Crippen molar-refractivity contribution >= 4 is 0 Å². The lowest BCUT2D eigenvalue weighted by molar-refractivity contribution is 0.198. The van der Waals surface area contributed by atoms with E-state index in [9.17, 15) is 5.11 Å². The minimum absolute atomic E-state index is 0.232. The maximum absolute atomic E-state index is 9.80. The molecule has 1 aromatic rings. The van der Waals surface area contributed by atoms with E-state index in [0.717, 1.165) is 18.7 Å². The van der Waals surface area contributed by atoms with E-state index >= 15 is 0 Å². The highest BCUT2D eigenvalue weighted by Gasteiger charge is 2.26. The molecule has 1 atom stereocenters. The Labute approximate surface area is 109 Å². The van der Waals surface area contributed by atoms with Gasteiger partial charge in [0.25, 0.3) is 0 Å². The van der Waals surface area contributed by atoms with E-state index in [-0.39, 0.29) is 5.75 Å². The summed E-state index contributed by atoms with van der Waals surface area (Å²) < 4.78 is 5.07. The molecular weight excluding hydrogens is 226 g/mol. The van der Waals surface area contributed by atoms with Crippen LogP contribution in [0.2, 0.25) is 0 Å². The lowest BCUT2D eigenvalue weighted by atomic mass is 10.0. The summed E-state index contributed by atoms with van der Waals surface area (Å²) in [5.41, 5.74) is 1.15. The number of benzene rings is 1. The van der Waals surface area contributed by atoms with Crippen molar-refractivity contribution in [1.29, 1.82) is 0 Å². The van der Waals surface area contributed by atoms with Gasteiger partial charge < -0.3 is 9.84 Å². The second-order valence-corrected chi connectivity index (χ2v) is 5.43. The molecule has 100 valence electrons. The first-order valence-corrected chi connectivity index (χ1v) is 6.71. The van der Waals surface area contributed by atoms with Gasteiger partial charge in [0.15, 0.2) is 11.5 Å². The number of likely N-dealkylation sites (tertiary alicyclic amines) is 1. The lowest BCUT2D eigenvalue weighted by Crippen LogP contribution is -2.32. The second-order valence-electron chi connectivity index (χ2n) is 5.43. The number of phenols is 1. The van der Waals surface area contributed by atoms with Crippen molar-refractivity contribution in [3.8, 4) is 11.5 Å². The number of rotatable bonds is 4. The molecule has 0 saturated carbocycles. The minimum atomic E-state index is 0.232. The first kappa shape index (κ1) is 13.2. The van der Waals surface area contributed by atoms with Crippen LogP contribution in [0.25, 0.3) is 0 Å². The number of hydrogen-bond acceptors (Lipinski definition) is 3. The van der Waals surface area contributed by atoms with Crippen molar-refractivity contribution in [3.05, 3.63) is 23.8 Å². The summed E-state index contributed by atoms with van der Waals surface area (Å²) in [7, 11) is 1.57. The van der Waals surface area contributed by atoms with Crippen LogP contribution in [0.3, 0.4) is 0 Å². The van der Waals surface area contributed by atoms with E-state index in [4.69, 9.17) is 4.74 Å². The molecule has 1 unspecified atom stereocenters. The molecule has 3 nitrogen and oxygen atoms in total. The molecule has 0 aromatic heterocycles. The molecule has 0 bridgehead atoms. The third-order valence-electron chi connectivity index (χ3n) is 3.81. The van der Waals surface area contributed by atoms with Gasteiger partial charge in [-0.05, 0) is 43.0 Å². The van der Waals surface area contributed by atoms with Crippen molar-refractivity contribution in [1.82, 2.24) is 4.90 Å². The van der Waals surface area contributed by atoms with E-state index in [1.807, 2.05) is 18.2 Å². The Hall–Kier alpha value is -1.22. The third kappa shape index (κ3) is 2.78. The second kappa shape index (κ2) is 5.61. The molecule has 1 aromatic carbocycles. The number of ether oxygens (including phenoxy) is 1. The standard InChI is InChI=1S/C15H23NO2/c1-11(2)13-5-4-8-16(13)10-12-6-7-15(18-3)14(17)9-12/h6-7,9,11,13,17H,4-5,8,10H2,1-3H3. The Morgan fingerprint density at radius 3 is 2.83 bits per heavy atom. The Bertz CT molecular complexity index is 403. The summed E-state index contributed by atoms with van der Waals surface area (Å²) in [5, 5.41) is 9.80. The molecule has 1 aliphatic heterocycles. The normalized spacial score (nSPS) is 20.6. The average molecular weight is 249 g/mol. The highest BCUT2D eigenvalue weighted by molar-refractivity contribution is 5.41. The molecule has 2 rings (SSSR count). The Morgan fingerprint density at radius 1 is 1.44 bits per heavy atom. The van der Waals surface area contributed by atoms with Crippen LogP contribution in [0.15, 0.2) is 18.2 Å². The lowest BCUT2D eigenvalue weighted by Gasteiger charge is -2.27. The smallest absolute Gasteiger partial charge is 0.160 e. The summed E-state index contributed by atoms with van der Waals surface area (Å²) in [5.74, 6) is 1.47. The van der Waals surface area contributed by atoms with Gasteiger partial charge in [0.1, 0.15) is 0 Å². The van der Waals surface area contributed by atoms with Crippen LogP contribution in [0, 0.1) is 5.92 Å². The van der Waals surface area contributed by atoms with Gasteiger partial charge in [-0.25, -0.2) is 0 Å². The van der Waals surface area contributed by atoms with Crippen molar-refractivity contribution in [3.63, 3.8) is 0 Å². The van der Waals surface area contributed by atoms with Gasteiger partial charge in [-0.2, -0.15) is 0 Å². The summed E-state index contributed by atoms with van der Waals surface area (Å²) in [6.07, 6.45) is 2.57. The predicted molar refractivity (Wildman–Crippen MR) is 72.9 cm³/mol. The highest BCUT2D eigenvalue weighted by Crippen LogP contribution is 2.29. The fraction of sp³-hybridized carbons (Fsp3) is 0.600. The molecule has 0 aliphatic carbocycles. The summed E-state index contributed by atoms with van der Waals surface area (Å²) in [6, 6.07) is 6.36. The monoisotopic (exact) mass is 249 g/mol. The topological polar surface area (TPSA) is 32.7 Å². The average Bonchev–Trinajstić information content (AvgIpc) is 2.77. The zero-order valence-corrected chi connectivity index (χ0v) is 11.5. The molecule has 1 aliphatic rings. The molecule has 1 heterocycles. The van der Waals surface area contributed by atoms with Crippen molar-refractivity contribution < 1.29 is 9.84 Å². The SMILES string of the molecule is COc1ccc(CN2CCCC2C(C)C)cc1O. The number of nitrogens with zero attached hydrogens (tertiary/aromatic N) is 1. The zero-order chi connectivity index (χ0) is 13.1. The quantitative estimate of drug-likeness (QED) is 0.890. The third-order valence-corrected chi connectivity index (χ3v) is 3.81. The molecule has 1 saturated heterocycles. The summed E-state index contributed by atoms with van der Waals surface area (Å²) in [4.78, 5) is 2.52. The molecule has 3 heteroatoms. The number of methoxy groups -OCH3 is 1. The Morgan fingerprint density at radius 2 is 2.22 bits per heavy atom. The van der Waals surface area contributed by atoms with E-state index in [1.54, 1.807) is 7.11 Å². The van der Waals surface area contributed by atoms with Crippen molar-refractivity contribution in [2.45, 2.75) is 39.3 Å². The van der Waals surface area contributed by atoms with E-state index in [1.165, 1.54) is 12.8 Å². The predicted octanol–water partition coefficient (Wildman–Crippen LogP) is 3.02. The van der Waals surface area contributed by atoms with Crippen LogP contribution >= 0.6 is 0 Å². The van der Waals surface area contributed by atoms with Crippen LogP contribution in [-0.2, 0) is 6.54 Å². The highest BCUT2D eigenvalue weighted by atomic mass is 16.5. The van der Waals surface area contributed by atoms with Gasteiger partial charge in [0, 0.05) is 12.6 Å².